The van der Waals surface area contributed by atoms with Crippen molar-refractivity contribution in [1.82, 2.24) is 0 Å². The van der Waals surface area contributed by atoms with E-state index in [1.165, 1.54) is 30.9 Å². The molecule has 8 aromatic carbocycles. The molecule has 4 heteroatoms. The van der Waals surface area contributed by atoms with Gasteiger partial charge >= 0.3 is 0 Å². The van der Waals surface area contributed by atoms with Crippen molar-refractivity contribution < 1.29 is 4.42 Å². The quantitative estimate of drug-likeness (QED) is 0.177. The van der Waals surface area contributed by atoms with Crippen LogP contribution in [0.4, 0.5) is 34.1 Å². The minimum Gasteiger partial charge on any atom is -0.456 e. The standard InChI is InChI=1S/C46H30N2OS/c1-4-16-32(17-5-1)47(33-18-6-2-7-19-33)40-29-35(30-42-45(40)44-36-22-11-10-15-31(36)27-28-41(44)49-42)48(34-20-8-3-9-21-34)39-25-14-24-38-37-23-12-13-26-43(37)50-46(38)39/h1-30H. The van der Waals surface area contributed by atoms with Gasteiger partial charge in [0, 0.05) is 44.0 Å². The van der Waals surface area contributed by atoms with Gasteiger partial charge in [0.15, 0.2) is 0 Å². The molecular formula is C46H30N2OS. The molecule has 3 nitrogen and oxygen atoms in total. The SMILES string of the molecule is c1ccc(N(c2cc(N(c3ccccc3)c3ccccc3)c3c(c2)oc2ccc4ccccc4c23)c2cccc3c2sc2ccccc23)cc1. The second-order valence-corrected chi connectivity index (χ2v) is 13.6. The molecule has 10 rings (SSSR count). The molecule has 0 aliphatic carbocycles. The third kappa shape index (κ3) is 4.57. The van der Waals surface area contributed by atoms with Crippen molar-refractivity contribution in [2.45, 2.75) is 0 Å². The summed E-state index contributed by atoms with van der Waals surface area (Å²) in [7, 11) is 0. The molecule has 0 amide bonds. The Morgan fingerprint density at radius 1 is 0.380 bits per heavy atom. The van der Waals surface area contributed by atoms with Gasteiger partial charge in [-0.3, -0.25) is 0 Å². The van der Waals surface area contributed by atoms with Crippen LogP contribution in [0, 0.1) is 0 Å². The summed E-state index contributed by atoms with van der Waals surface area (Å²) in [6.45, 7) is 0. The summed E-state index contributed by atoms with van der Waals surface area (Å²) in [5, 5.41) is 7.10. The zero-order valence-electron chi connectivity index (χ0n) is 27.0. The Morgan fingerprint density at radius 2 is 0.960 bits per heavy atom. The second kappa shape index (κ2) is 11.7. The molecule has 50 heavy (non-hydrogen) atoms. The van der Waals surface area contributed by atoms with Crippen LogP contribution in [-0.4, -0.2) is 0 Å². The third-order valence-electron chi connectivity index (χ3n) is 9.59. The van der Waals surface area contributed by atoms with Crippen molar-refractivity contribution in [2.24, 2.45) is 0 Å². The van der Waals surface area contributed by atoms with E-state index < -0.39 is 0 Å². The Balaban J connectivity index is 1.34. The lowest BCUT2D eigenvalue weighted by molar-refractivity contribution is 0.669. The summed E-state index contributed by atoms with van der Waals surface area (Å²) in [5.41, 5.74) is 8.14. The Morgan fingerprint density at radius 3 is 1.66 bits per heavy atom. The van der Waals surface area contributed by atoms with Crippen LogP contribution in [-0.2, 0) is 0 Å². The molecule has 0 spiro atoms. The molecule has 0 radical (unpaired) electrons. The lowest BCUT2D eigenvalue weighted by atomic mass is 10.0. The van der Waals surface area contributed by atoms with Crippen molar-refractivity contribution in [1.29, 1.82) is 0 Å². The third-order valence-corrected chi connectivity index (χ3v) is 10.8. The first-order valence-electron chi connectivity index (χ1n) is 16.9. The smallest absolute Gasteiger partial charge is 0.139 e. The fourth-order valence-corrected chi connectivity index (χ4v) is 8.64. The zero-order chi connectivity index (χ0) is 33.0. The van der Waals surface area contributed by atoms with Crippen molar-refractivity contribution in [3.8, 4) is 0 Å². The van der Waals surface area contributed by atoms with E-state index in [2.05, 4.69) is 192 Å². The number of nitrogens with zero attached hydrogens (tertiary/aromatic N) is 2. The molecule has 0 aliphatic rings. The molecule has 0 saturated carbocycles. The zero-order valence-corrected chi connectivity index (χ0v) is 27.8. The maximum absolute atomic E-state index is 6.87. The van der Waals surface area contributed by atoms with Gasteiger partial charge in [-0.15, -0.1) is 11.3 Å². The summed E-state index contributed by atoms with van der Waals surface area (Å²) < 4.78 is 9.40. The van der Waals surface area contributed by atoms with E-state index in [1.807, 2.05) is 11.3 Å². The lowest BCUT2D eigenvalue weighted by Gasteiger charge is -2.30. The van der Waals surface area contributed by atoms with Gasteiger partial charge in [0.05, 0.1) is 27.1 Å². The predicted molar refractivity (Wildman–Crippen MR) is 213 cm³/mol. The lowest BCUT2D eigenvalue weighted by Crippen LogP contribution is -2.13. The van der Waals surface area contributed by atoms with E-state index in [-0.39, 0.29) is 0 Å². The number of rotatable bonds is 6. The molecule has 0 aliphatic heterocycles. The minimum atomic E-state index is 0.838. The van der Waals surface area contributed by atoms with Crippen LogP contribution in [0.2, 0.25) is 0 Å². The van der Waals surface area contributed by atoms with E-state index in [4.69, 9.17) is 4.42 Å². The first-order valence-corrected chi connectivity index (χ1v) is 17.7. The Kier molecular flexibility index (Phi) is 6.68. The van der Waals surface area contributed by atoms with Crippen LogP contribution < -0.4 is 9.80 Å². The Bertz CT molecular complexity index is 2780. The van der Waals surface area contributed by atoms with Gasteiger partial charge in [-0.1, -0.05) is 115 Å². The Labute approximate surface area is 293 Å². The van der Waals surface area contributed by atoms with Gasteiger partial charge in [-0.2, -0.15) is 0 Å². The van der Waals surface area contributed by atoms with Crippen LogP contribution in [0.25, 0.3) is 52.9 Å². The normalized spacial score (nSPS) is 11.6. The number of para-hydroxylation sites is 3. The number of hydrogen-bond donors (Lipinski definition) is 0. The summed E-state index contributed by atoms with van der Waals surface area (Å²) in [5.74, 6) is 0. The van der Waals surface area contributed by atoms with Crippen molar-refractivity contribution in [2.75, 3.05) is 9.80 Å². The molecule has 10 aromatic rings. The molecule has 0 fully saturated rings. The van der Waals surface area contributed by atoms with Crippen LogP contribution >= 0.6 is 11.3 Å². The maximum atomic E-state index is 6.87. The summed E-state index contributed by atoms with van der Waals surface area (Å²) >= 11 is 1.84. The first-order chi connectivity index (χ1) is 24.8. The molecule has 0 unspecified atom stereocenters. The van der Waals surface area contributed by atoms with E-state index in [1.54, 1.807) is 0 Å². The highest BCUT2D eigenvalue weighted by Gasteiger charge is 2.25. The number of fused-ring (bicyclic) bond motifs is 8. The van der Waals surface area contributed by atoms with Crippen LogP contribution in [0.15, 0.2) is 186 Å². The van der Waals surface area contributed by atoms with E-state index in [0.717, 1.165) is 56.1 Å². The molecule has 2 aromatic heterocycles. The minimum absolute atomic E-state index is 0.838. The molecule has 0 atom stereocenters. The highest BCUT2D eigenvalue weighted by molar-refractivity contribution is 7.26. The van der Waals surface area contributed by atoms with Gasteiger partial charge in [0.25, 0.3) is 0 Å². The number of benzene rings is 8. The Hall–Kier alpha value is -6.36. The molecule has 0 bridgehead atoms. The van der Waals surface area contributed by atoms with Gasteiger partial charge in [0.2, 0.25) is 0 Å². The molecule has 0 N–H and O–H groups in total. The van der Waals surface area contributed by atoms with Gasteiger partial charge < -0.3 is 14.2 Å². The molecular weight excluding hydrogens is 629 g/mol. The highest BCUT2D eigenvalue weighted by Crippen LogP contribution is 2.50. The van der Waals surface area contributed by atoms with Crippen LogP contribution in [0.1, 0.15) is 0 Å². The number of hydrogen-bond acceptors (Lipinski definition) is 4. The largest absolute Gasteiger partial charge is 0.456 e. The maximum Gasteiger partial charge on any atom is 0.139 e. The number of furan rings is 1. The van der Waals surface area contributed by atoms with Crippen LogP contribution in [0.5, 0.6) is 0 Å². The van der Waals surface area contributed by atoms with Gasteiger partial charge in [0.1, 0.15) is 11.2 Å². The van der Waals surface area contributed by atoms with Gasteiger partial charge in [-0.25, -0.2) is 0 Å². The fourth-order valence-electron chi connectivity index (χ4n) is 7.43. The predicted octanol–water partition coefficient (Wildman–Crippen LogP) is 14.0. The summed E-state index contributed by atoms with van der Waals surface area (Å²) in [4.78, 5) is 4.76. The molecule has 2 heterocycles. The highest BCUT2D eigenvalue weighted by atomic mass is 32.1. The van der Waals surface area contributed by atoms with E-state index in [0.29, 0.717) is 0 Å². The van der Waals surface area contributed by atoms with E-state index >= 15 is 0 Å². The van der Waals surface area contributed by atoms with Crippen molar-refractivity contribution in [3.63, 3.8) is 0 Å². The fraction of sp³-hybridized carbons (Fsp3) is 0. The number of thiophene rings is 1. The first kappa shape index (κ1) is 28.6. The van der Waals surface area contributed by atoms with E-state index in [9.17, 15) is 0 Å². The van der Waals surface area contributed by atoms with Gasteiger partial charge in [-0.05, 0) is 71.4 Å². The topological polar surface area (TPSA) is 19.6 Å². The van der Waals surface area contributed by atoms with Crippen molar-refractivity contribution >= 4 is 98.3 Å². The molecule has 236 valence electrons. The monoisotopic (exact) mass is 658 g/mol. The number of anilines is 6. The summed E-state index contributed by atoms with van der Waals surface area (Å²) in [6.07, 6.45) is 0. The molecule has 0 saturated heterocycles. The average molecular weight is 659 g/mol. The van der Waals surface area contributed by atoms with Crippen molar-refractivity contribution in [3.05, 3.63) is 182 Å². The van der Waals surface area contributed by atoms with Crippen LogP contribution in [0.3, 0.4) is 0 Å². The second-order valence-electron chi connectivity index (χ2n) is 12.5. The average Bonchev–Trinajstić information content (AvgIpc) is 3.76. The summed E-state index contributed by atoms with van der Waals surface area (Å²) in [6, 6.07) is 64.8.